The summed E-state index contributed by atoms with van der Waals surface area (Å²) in [6, 6.07) is 7.90. The number of amides is 1. The predicted molar refractivity (Wildman–Crippen MR) is 118 cm³/mol. The quantitative estimate of drug-likeness (QED) is 0.598. The molecule has 1 fully saturated rings. The third-order valence-electron chi connectivity index (χ3n) is 6.54. The van der Waals surface area contributed by atoms with Gasteiger partial charge in [0.2, 0.25) is 0 Å². The van der Waals surface area contributed by atoms with Gasteiger partial charge < -0.3 is 24.0 Å². The Kier molecular flexibility index (Phi) is 3.96. The zero-order chi connectivity index (χ0) is 26.1. The van der Waals surface area contributed by atoms with E-state index in [1.54, 1.807) is 22.8 Å². The van der Waals surface area contributed by atoms with Crippen molar-refractivity contribution in [3.63, 3.8) is 0 Å². The van der Waals surface area contributed by atoms with Crippen molar-refractivity contribution in [1.29, 1.82) is 0 Å². The number of ether oxygens (including phenoxy) is 2. The second-order valence-electron chi connectivity index (χ2n) is 8.78. The molecule has 34 heavy (non-hydrogen) atoms. The fourth-order valence-electron chi connectivity index (χ4n) is 4.94. The number of fused-ring (bicyclic) bond motifs is 9. The van der Waals surface area contributed by atoms with Crippen LogP contribution in [0.2, 0.25) is 0 Å². The summed E-state index contributed by atoms with van der Waals surface area (Å²) in [6.07, 6.45) is 0.388. The van der Waals surface area contributed by atoms with Crippen LogP contribution in [0, 0.1) is 11.8 Å². The number of benzene rings is 2. The van der Waals surface area contributed by atoms with Crippen molar-refractivity contribution in [2.75, 3.05) is 20.2 Å². The Hall–Kier alpha value is -3.48. The molecule has 0 unspecified atom stereocenters. The van der Waals surface area contributed by atoms with E-state index in [-0.39, 0.29) is 42.9 Å². The Balaban J connectivity index is 1.52. The Morgan fingerprint density at radius 2 is 2.21 bits per heavy atom. The number of hydrogen-bond acceptors (Lipinski definition) is 5. The Morgan fingerprint density at radius 3 is 2.94 bits per heavy atom. The Labute approximate surface area is 198 Å². The van der Waals surface area contributed by atoms with E-state index in [1.165, 1.54) is 18.2 Å². The number of imidazole rings is 1. The van der Waals surface area contributed by atoms with Gasteiger partial charge in [-0.25, -0.2) is 4.98 Å². The van der Waals surface area contributed by atoms with E-state index >= 15 is 0 Å². The minimum absolute atomic E-state index is 0.00109. The van der Waals surface area contributed by atoms with Gasteiger partial charge in [-0.2, -0.15) is 8.78 Å². The van der Waals surface area contributed by atoms with Crippen LogP contribution in [0.3, 0.4) is 0 Å². The fraction of sp³-hybridized carbons (Fsp3) is 0.360. The van der Waals surface area contributed by atoms with Gasteiger partial charge in [-0.15, -0.1) is 0 Å². The normalized spacial score (nSPS) is 23.7. The molecule has 3 aliphatic heterocycles. The molecular formula is C25H21F2N3O4. The number of aliphatic hydroxyl groups is 1. The molecule has 3 aliphatic rings. The van der Waals surface area contributed by atoms with Gasteiger partial charge >= 0.3 is 6.61 Å². The molecule has 0 aliphatic carbocycles. The van der Waals surface area contributed by atoms with Crippen molar-refractivity contribution in [3.8, 4) is 17.6 Å². The molecule has 9 heteroatoms. The SMILES string of the molecule is [2H]C([2H])([2H])N1C(=O)c2cccc(OC(F)F)c2[C@H]2C[C@@H]1c1nc3ccc(C#CCC4(O)COC4)cc3n12. The third-order valence-corrected chi connectivity index (χ3v) is 6.54. The summed E-state index contributed by atoms with van der Waals surface area (Å²) in [7, 11) is 0. The number of hydrogen-bond donors (Lipinski definition) is 1. The van der Waals surface area contributed by atoms with Gasteiger partial charge in [-0.3, -0.25) is 4.79 Å². The van der Waals surface area contributed by atoms with E-state index in [0.29, 0.717) is 22.4 Å². The van der Waals surface area contributed by atoms with Crippen LogP contribution in [0.5, 0.6) is 5.75 Å². The summed E-state index contributed by atoms with van der Waals surface area (Å²) in [6.45, 7) is -5.44. The number of carbonyl (C=O) groups is 1. The minimum atomic E-state index is -3.13. The number of aromatic nitrogens is 2. The summed E-state index contributed by atoms with van der Waals surface area (Å²) < 4.78 is 62.4. The van der Waals surface area contributed by atoms with Crippen LogP contribution in [0.4, 0.5) is 8.78 Å². The van der Waals surface area contributed by atoms with Crippen LogP contribution < -0.4 is 4.74 Å². The summed E-state index contributed by atoms with van der Waals surface area (Å²) in [5, 5.41) is 10.2. The number of carbonyl (C=O) groups excluding carboxylic acids is 1. The first-order valence-electron chi connectivity index (χ1n) is 12.3. The molecule has 0 radical (unpaired) electrons. The largest absolute Gasteiger partial charge is 0.434 e. The first-order chi connectivity index (χ1) is 17.6. The van der Waals surface area contributed by atoms with Gasteiger partial charge in [-0.05, 0) is 30.3 Å². The van der Waals surface area contributed by atoms with E-state index in [9.17, 15) is 18.7 Å². The van der Waals surface area contributed by atoms with E-state index in [4.69, 9.17) is 13.6 Å². The molecule has 4 heterocycles. The van der Waals surface area contributed by atoms with Crippen LogP contribution in [0.25, 0.3) is 11.0 Å². The first kappa shape index (κ1) is 17.9. The summed E-state index contributed by atoms with van der Waals surface area (Å²) in [5.41, 5.74) is 1.07. The fourth-order valence-corrected chi connectivity index (χ4v) is 4.94. The molecule has 174 valence electrons. The molecule has 2 bridgehead atoms. The summed E-state index contributed by atoms with van der Waals surface area (Å²) in [5.74, 6) is 5.38. The monoisotopic (exact) mass is 468 g/mol. The summed E-state index contributed by atoms with van der Waals surface area (Å²) in [4.78, 5) is 18.9. The Morgan fingerprint density at radius 1 is 1.35 bits per heavy atom. The lowest BCUT2D eigenvalue weighted by Gasteiger charge is -2.34. The highest BCUT2D eigenvalue weighted by Crippen LogP contribution is 2.49. The lowest BCUT2D eigenvalue weighted by molar-refractivity contribution is -0.174. The van der Waals surface area contributed by atoms with Gasteiger partial charge in [0.15, 0.2) is 0 Å². The molecule has 2 aromatic carbocycles. The lowest BCUT2D eigenvalue weighted by Crippen LogP contribution is -2.49. The number of halogens is 2. The second-order valence-corrected chi connectivity index (χ2v) is 8.78. The van der Waals surface area contributed by atoms with Crippen molar-refractivity contribution in [2.24, 2.45) is 0 Å². The topological polar surface area (TPSA) is 76.8 Å². The van der Waals surface area contributed by atoms with E-state index < -0.39 is 37.2 Å². The molecule has 1 aromatic heterocycles. The number of nitrogens with zero attached hydrogens (tertiary/aromatic N) is 3. The molecular weight excluding hydrogens is 444 g/mol. The molecule has 1 amide bonds. The molecule has 0 saturated carbocycles. The van der Waals surface area contributed by atoms with Crippen molar-refractivity contribution in [2.45, 2.75) is 37.1 Å². The molecule has 2 atom stereocenters. The van der Waals surface area contributed by atoms with Crippen molar-refractivity contribution >= 4 is 16.9 Å². The molecule has 1 N–H and O–H groups in total. The highest BCUT2D eigenvalue weighted by molar-refractivity contribution is 5.97. The van der Waals surface area contributed by atoms with Crippen LogP contribution in [-0.2, 0) is 4.74 Å². The molecule has 6 rings (SSSR count). The third kappa shape index (κ3) is 3.17. The standard InChI is InChI=1S/C25H21F2N3O4/c1-29-19-11-18(21-15(23(29)31)5-2-6-20(21)34-24(26)27)30-17-10-14(7-8-16(17)28-22(19)30)4-3-9-25(32)12-33-13-25/h2,5-8,10,18-19,24,32H,9,11-13H2,1H3/t18-,19-/m1/s1/i1D3. The van der Waals surface area contributed by atoms with Gasteiger partial charge in [0.05, 0.1) is 36.3 Å². The molecule has 7 nitrogen and oxygen atoms in total. The van der Waals surface area contributed by atoms with Gasteiger partial charge in [0.1, 0.15) is 17.2 Å². The average molecular weight is 468 g/mol. The predicted octanol–water partition coefficient (Wildman–Crippen LogP) is 3.26. The smallest absolute Gasteiger partial charge is 0.387 e. The number of alkyl halides is 2. The highest BCUT2D eigenvalue weighted by Gasteiger charge is 2.45. The maximum absolute atomic E-state index is 13.5. The van der Waals surface area contributed by atoms with Crippen LogP contribution in [0.1, 0.15) is 56.3 Å². The maximum Gasteiger partial charge on any atom is 0.387 e. The maximum atomic E-state index is 13.5. The first-order valence-corrected chi connectivity index (χ1v) is 10.8. The number of rotatable bonds is 3. The minimum Gasteiger partial charge on any atom is -0.434 e. The van der Waals surface area contributed by atoms with Gasteiger partial charge in [0, 0.05) is 40.6 Å². The van der Waals surface area contributed by atoms with E-state index in [1.807, 2.05) is 0 Å². The average Bonchev–Trinajstić information content (AvgIpc) is 3.30. The van der Waals surface area contributed by atoms with Gasteiger partial charge in [-0.1, -0.05) is 17.9 Å². The zero-order valence-corrected chi connectivity index (χ0v) is 17.8. The molecule has 1 saturated heterocycles. The Bertz CT molecular complexity index is 1490. The van der Waals surface area contributed by atoms with Crippen LogP contribution >= 0.6 is 0 Å². The van der Waals surface area contributed by atoms with Crippen molar-refractivity contribution in [3.05, 3.63) is 58.9 Å². The van der Waals surface area contributed by atoms with Crippen molar-refractivity contribution in [1.82, 2.24) is 14.5 Å². The highest BCUT2D eigenvalue weighted by atomic mass is 19.3. The molecule has 0 spiro atoms. The summed E-state index contributed by atoms with van der Waals surface area (Å²) >= 11 is 0. The zero-order valence-electron chi connectivity index (χ0n) is 20.8. The lowest BCUT2D eigenvalue weighted by atomic mass is 9.97. The van der Waals surface area contributed by atoms with Crippen LogP contribution in [0.15, 0.2) is 36.4 Å². The van der Waals surface area contributed by atoms with Gasteiger partial charge in [0.25, 0.3) is 5.91 Å². The second kappa shape index (κ2) is 7.52. The van der Waals surface area contributed by atoms with Crippen LogP contribution in [-0.4, -0.2) is 57.9 Å². The molecule has 3 aromatic rings. The van der Waals surface area contributed by atoms with Crippen molar-refractivity contribution < 1.29 is 32.3 Å². The van der Waals surface area contributed by atoms with E-state index in [0.717, 1.165) is 4.90 Å². The van der Waals surface area contributed by atoms with E-state index in [2.05, 4.69) is 16.8 Å².